The minimum absolute atomic E-state index is 0.0197. The second kappa shape index (κ2) is 6.93. The molecule has 1 aromatic heterocycles. The topological polar surface area (TPSA) is 78.9 Å². The van der Waals surface area contributed by atoms with E-state index in [1.807, 2.05) is 6.92 Å². The third-order valence-electron chi connectivity index (χ3n) is 4.07. The van der Waals surface area contributed by atoms with Crippen molar-refractivity contribution in [1.82, 2.24) is 4.90 Å². The molecule has 1 aliphatic rings. The fourth-order valence-electron chi connectivity index (χ4n) is 2.63. The van der Waals surface area contributed by atoms with E-state index in [0.717, 1.165) is 17.7 Å². The smallest absolute Gasteiger partial charge is 0.263 e. The Bertz CT molecular complexity index is 516. The average Bonchev–Trinajstić information content (AvgIpc) is 2.76. The number of nitrogens with zero attached hydrogens (tertiary/aromatic N) is 2. The Hall–Kier alpha value is -1.56. The van der Waals surface area contributed by atoms with Gasteiger partial charge in [-0.15, -0.1) is 11.3 Å². The zero-order chi connectivity index (χ0) is 15.4. The summed E-state index contributed by atoms with van der Waals surface area (Å²) < 4.78 is 0. The van der Waals surface area contributed by atoms with Gasteiger partial charge in [-0.1, -0.05) is 11.6 Å². The molecule has 0 aliphatic heterocycles. The van der Waals surface area contributed by atoms with Crippen LogP contribution in [0.2, 0.25) is 0 Å². The van der Waals surface area contributed by atoms with Crippen LogP contribution in [0, 0.1) is 0 Å². The standard InChI is InChI=1S/C15H23N3O2S/c1-10(8-14(16)17-20)18(2)15(19)13-9-11-6-4-3-5-7-12(11)21-13/h9-10,20H,3-8H2,1-2H3,(H2,16,17). The lowest BCUT2D eigenvalue weighted by atomic mass is 10.1. The quantitative estimate of drug-likeness (QED) is 0.295. The summed E-state index contributed by atoms with van der Waals surface area (Å²) in [6, 6.07) is 1.95. The van der Waals surface area contributed by atoms with E-state index < -0.39 is 0 Å². The molecule has 5 nitrogen and oxygen atoms in total. The Morgan fingerprint density at radius 3 is 2.90 bits per heavy atom. The molecular formula is C15H23N3O2S. The number of hydrogen-bond donors (Lipinski definition) is 2. The van der Waals surface area contributed by atoms with Gasteiger partial charge in [0.15, 0.2) is 0 Å². The van der Waals surface area contributed by atoms with E-state index in [1.165, 1.54) is 29.7 Å². The first-order valence-corrected chi connectivity index (χ1v) is 8.19. The van der Waals surface area contributed by atoms with E-state index in [4.69, 9.17) is 10.9 Å². The first-order valence-electron chi connectivity index (χ1n) is 7.38. The minimum atomic E-state index is -0.102. The second-order valence-corrected chi connectivity index (χ2v) is 6.82. The fraction of sp³-hybridized carbons (Fsp3) is 0.600. The summed E-state index contributed by atoms with van der Waals surface area (Å²) in [5.74, 6) is 0.162. The highest BCUT2D eigenvalue weighted by Gasteiger charge is 2.22. The van der Waals surface area contributed by atoms with Crippen LogP contribution >= 0.6 is 11.3 Å². The predicted octanol–water partition coefficient (Wildman–Crippen LogP) is 2.61. The number of hydrogen-bond acceptors (Lipinski definition) is 4. The normalized spacial score (nSPS) is 17.0. The summed E-state index contributed by atoms with van der Waals surface area (Å²) in [6.45, 7) is 1.90. The van der Waals surface area contributed by atoms with E-state index >= 15 is 0 Å². The Balaban J connectivity index is 2.09. The van der Waals surface area contributed by atoms with Gasteiger partial charge in [-0.2, -0.15) is 0 Å². The lowest BCUT2D eigenvalue weighted by Gasteiger charge is -2.23. The van der Waals surface area contributed by atoms with Crippen molar-refractivity contribution >= 4 is 23.1 Å². The van der Waals surface area contributed by atoms with Crippen LogP contribution < -0.4 is 5.73 Å². The molecule has 1 atom stereocenters. The number of nitrogens with two attached hydrogens (primary N) is 1. The lowest BCUT2D eigenvalue weighted by Crippen LogP contribution is -2.37. The maximum Gasteiger partial charge on any atom is 0.263 e. The molecular weight excluding hydrogens is 286 g/mol. The summed E-state index contributed by atoms with van der Waals surface area (Å²) in [5.41, 5.74) is 6.86. The van der Waals surface area contributed by atoms with Crippen molar-refractivity contribution in [2.24, 2.45) is 10.9 Å². The van der Waals surface area contributed by atoms with E-state index in [1.54, 1.807) is 23.3 Å². The van der Waals surface area contributed by atoms with Crippen LogP contribution in [-0.4, -0.2) is 34.9 Å². The van der Waals surface area contributed by atoms with Crippen LogP contribution in [0.4, 0.5) is 0 Å². The van der Waals surface area contributed by atoms with Gasteiger partial charge in [0.25, 0.3) is 5.91 Å². The third-order valence-corrected chi connectivity index (χ3v) is 5.30. The Morgan fingerprint density at radius 1 is 1.48 bits per heavy atom. The Morgan fingerprint density at radius 2 is 2.19 bits per heavy atom. The Kier molecular flexibility index (Phi) is 5.22. The third kappa shape index (κ3) is 3.75. The predicted molar refractivity (Wildman–Crippen MR) is 85.2 cm³/mol. The number of amidine groups is 1. The molecule has 21 heavy (non-hydrogen) atoms. The molecule has 0 bridgehead atoms. The van der Waals surface area contributed by atoms with Gasteiger partial charge in [0, 0.05) is 24.4 Å². The van der Waals surface area contributed by atoms with Crippen LogP contribution in [0.25, 0.3) is 0 Å². The van der Waals surface area contributed by atoms with Gasteiger partial charge < -0.3 is 15.8 Å². The molecule has 1 heterocycles. The number of rotatable bonds is 4. The van der Waals surface area contributed by atoms with E-state index in [2.05, 4.69) is 11.2 Å². The van der Waals surface area contributed by atoms with Crippen LogP contribution in [0.5, 0.6) is 0 Å². The number of amides is 1. The van der Waals surface area contributed by atoms with Gasteiger partial charge in [-0.3, -0.25) is 4.79 Å². The number of fused-ring (bicyclic) bond motifs is 1. The fourth-order valence-corrected chi connectivity index (χ4v) is 3.86. The van der Waals surface area contributed by atoms with Crippen LogP contribution in [0.3, 0.4) is 0 Å². The molecule has 0 aromatic carbocycles. The molecule has 2 rings (SSSR count). The van der Waals surface area contributed by atoms with Crippen molar-refractivity contribution in [3.05, 3.63) is 21.4 Å². The number of aryl methyl sites for hydroxylation is 2. The average molecular weight is 309 g/mol. The SMILES string of the molecule is CC(CC(N)=NO)N(C)C(=O)c1cc2c(s1)CCCCC2. The molecule has 0 saturated heterocycles. The minimum Gasteiger partial charge on any atom is -0.409 e. The summed E-state index contributed by atoms with van der Waals surface area (Å²) in [4.78, 5) is 16.4. The summed E-state index contributed by atoms with van der Waals surface area (Å²) >= 11 is 1.63. The van der Waals surface area contributed by atoms with Gasteiger partial charge in [0.05, 0.1) is 4.88 Å². The zero-order valence-electron chi connectivity index (χ0n) is 12.6. The van der Waals surface area contributed by atoms with Crippen molar-refractivity contribution in [3.63, 3.8) is 0 Å². The maximum atomic E-state index is 12.6. The second-order valence-electron chi connectivity index (χ2n) is 5.68. The maximum absolute atomic E-state index is 12.6. The van der Waals surface area contributed by atoms with Crippen LogP contribution in [0.15, 0.2) is 11.2 Å². The molecule has 6 heteroatoms. The van der Waals surface area contributed by atoms with Crippen LogP contribution in [-0.2, 0) is 12.8 Å². The largest absolute Gasteiger partial charge is 0.409 e. The van der Waals surface area contributed by atoms with Crippen molar-refractivity contribution in [1.29, 1.82) is 0 Å². The Labute approximate surface area is 129 Å². The van der Waals surface area contributed by atoms with Crippen molar-refractivity contribution < 1.29 is 10.0 Å². The van der Waals surface area contributed by atoms with E-state index in [0.29, 0.717) is 6.42 Å². The zero-order valence-corrected chi connectivity index (χ0v) is 13.4. The van der Waals surface area contributed by atoms with Gasteiger partial charge in [0.2, 0.25) is 0 Å². The molecule has 0 radical (unpaired) electrons. The van der Waals surface area contributed by atoms with Gasteiger partial charge in [-0.05, 0) is 44.2 Å². The first-order chi connectivity index (χ1) is 10.0. The molecule has 0 fully saturated rings. The summed E-state index contributed by atoms with van der Waals surface area (Å²) in [7, 11) is 1.77. The molecule has 1 amide bonds. The monoisotopic (exact) mass is 309 g/mol. The molecule has 0 spiro atoms. The van der Waals surface area contributed by atoms with Gasteiger partial charge in [0.1, 0.15) is 5.84 Å². The van der Waals surface area contributed by atoms with Crippen molar-refractivity contribution in [3.8, 4) is 0 Å². The number of oxime groups is 1. The number of carbonyl (C=O) groups excluding carboxylic acids is 1. The van der Waals surface area contributed by atoms with Crippen molar-refractivity contribution in [2.45, 2.75) is 51.5 Å². The first kappa shape index (κ1) is 15.8. The lowest BCUT2D eigenvalue weighted by molar-refractivity contribution is 0.0752. The highest BCUT2D eigenvalue weighted by Crippen LogP contribution is 2.29. The molecule has 116 valence electrons. The van der Waals surface area contributed by atoms with E-state index in [-0.39, 0.29) is 17.8 Å². The molecule has 1 unspecified atom stereocenters. The molecule has 3 N–H and O–H groups in total. The van der Waals surface area contributed by atoms with Crippen molar-refractivity contribution in [2.75, 3.05) is 7.05 Å². The summed E-state index contributed by atoms with van der Waals surface area (Å²) in [6.07, 6.45) is 6.26. The van der Waals surface area contributed by atoms with Gasteiger partial charge in [-0.25, -0.2) is 0 Å². The highest BCUT2D eigenvalue weighted by atomic mass is 32.1. The molecule has 1 aromatic rings. The highest BCUT2D eigenvalue weighted by molar-refractivity contribution is 7.14. The van der Waals surface area contributed by atoms with Crippen LogP contribution in [0.1, 0.15) is 52.7 Å². The number of thiophene rings is 1. The molecule has 1 aliphatic carbocycles. The number of carbonyl (C=O) groups is 1. The summed E-state index contributed by atoms with van der Waals surface area (Å²) in [5, 5.41) is 11.6. The van der Waals surface area contributed by atoms with E-state index in [9.17, 15) is 4.79 Å². The molecule has 0 saturated carbocycles. The van der Waals surface area contributed by atoms with Gasteiger partial charge >= 0.3 is 0 Å².